The second-order valence-electron chi connectivity index (χ2n) is 3.66. The number of H-pyrrole nitrogens is 1. The van der Waals surface area contributed by atoms with E-state index < -0.39 is 0 Å². The van der Waals surface area contributed by atoms with Crippen LogP contribution in [0.5, 0.6) is 0 Å². The van der Waals surface area contributed by atoms with Crippen LogP contribution < -0.4 is 10.9 Å². The summed E-state index contributed by atoms with van der Waals surface area (Å²) in [5.41, 5.74) is 5.13. The third kappa shape index (κ3) is 4.46. The highest BCUT2D eigenvalue weighted by atomic mass is 32.2. The highest BCUT2D eigenvalue weighted by Crippen LogP contribution is 2.16. The third-order valence-electron chi connectivity index (χ3n) is 2.22. The molecule has 0 saturated carbocycles. The Balaban J connectivity index is 1.63. The summed E-state index contributed by atoms with van der Waals surface area (Å²) in [4.78, 5) is 27.0. The van der Waals surface area contributed by atoms with Gasteiger partial charge in [-0.3, -0.25) is 20.4 Å². The van der Waals surface area contributed by atoms with Crippen LogP contribution in [-0.2, 0) is 10.5 Å². The van der Waals surface area contributed by atoms with E-state index in [0.29, 0.717) is 11.4 Å². The third-order valence-corrected chi connectivity index (χ3v) is 4.26. The van der Waals surface area contributed by atoms with Crippen molar-refractivity contribution in [3.63, 3.8) is 0 Å². The molecule has 19 heavy (non-hydrogen) atoms. The number of nitrogens with one attached hydrogen (secondary N) is 3. The van der Waals surface area contributed by atoms with Crippen molar-refractivity contribution in [2.45, 2.75) is 5.75 Å². The molecule has 0 aliphatic rings. The van der Waals surface area contributed by atoms with E-state index in [1.165, 1.54) is 16.6 Å². The van der Waals surface area contributed by atoms with E-state index in [0.717, 1.165) is 5.75 Å². The van der Waals surface area contributed by atoms with Gasteiger partial charge in [0.15, 0.2) is 0 Å². The zero-order valence-corrected chi connectivity index (χ0v) is 11.6. The number of hydrogen-bond donors (Lipinski definition) is 3. The number of thioether (sulfide) groups is 1. The average Bonchev–Trinajstić information content (AvgIpc) is 3.08. The fourth-order valence-electron chi connectivity index (χ4n) is 1.34. The first kappa shape index (κ1) is 13.7. The molecule has 0 saturated heterocycles. The highest BCUT2D eigenvalue weighted by molar-refractivity contribution is 7.99. The summed E-state index contributed by atoms with van der Waals surface area (Å²) in [5, 5.41) is 2.01. The highest BCUT2D eigenvalue weighted by Gasteiger charge is 2.07. The van der Waals surface area contributed by atoms with Crippen molar-refractivity contribution in [1.82, 2.24) is 15.8 Å². The molecule has 2 heterocycles. The van der Waals surface area contributed by atoms with Crippen LogP contribution in [0.15, 0.2) is 35.8 Å². The normalized spacial score (nSPS) is 10.1. The maximum absolute atomic E-state index is 11.5. The zero-order valence-electron chi connectivity index (χ0n) is 10.0. The number of aromatic nitrogens is 1. The van der Waals surface area contributed by atoms with Gasteiger partial charge in [0.25, 0.3) is 5.91 Å². The maximum Gasteiger partial charge on any atom is 0.286 e. The van der Waals surface area contributed by atoms with E-state index >= 15 is 0 Å². The number of amides is 2. The number of rotatable bonds is 5. The molecule has 0 radical (unpaired) electrons. The minimum atomic E-state index is -0.360. The van der Waals surface area contributed by atoms with Gasteiger partial charge in [0.05, 0.1) is 5.75 Å². The fraction of sp³-hybridized carbons (Fsp3) is 0.167. The van der Waals surface area contributed by atoms with Gasteiger partial charge in [-0.2, -0.15) is 0 Å². The van der Waals surface area contributed by atoms with Crippen LogP contribution in [0.1, 0.15) is 15.4 Å². The lowest BCUT2D eigenvalue weighted by atomic mass is 10.4. The average molecular weight is 295 g/mol. The SMILES string of the molecule is O=C(CSCc1cccs1)NNC(=O)c1ccc[nH]1. The van der Waals surface area contributed by atoms with Gasteiger partial charge in [0, 0.05) is 16.8 Å². The first-order valence-electron chi connectivity index (χ1n) is 5.58. The molecule has 0 aliphatic heterocycles. The van der Waals surface area contributed by atoms with Crippen LogP contribution in [-0.4, -0.2) is 22.6 Å². The Kier molecular flexibility index (Phi) is 5.05. The second-order valence-corrected chi connectivity index (χ2v) is 5.68. The summed E-state index contributed by atoms with van der Waals surface area (Å²) in [7, 11) is 0. The van der Waals surface area contributed by atoms with Gasteiger partial charge < -0.3 is 4.98 Å². The first-order valence-corrected chi connectivity index (χ1v) is 7.62. The van der Waals surface area contributed by atoms with Crippen molar-refractivity contribution in [3.05, 3.63) is 46.4 Å². The molecule has 0 fully saturated rings. The molecule has 0 spiro atoms. The number of hydrogen-bond acceptors (Lipinski definition) is 4. The molecule has 7 heteroatoms. The van der Waals surface area contributed by atoms with E-state index in [1.54, 1.807) is 29.7 Å². The summed E-state index contributed by atoms with van der Waals surface area (Å²) in [6, 6.07) is 7.36. The Morgan fingerprint density at radius 3 is 2.84 bits per heavy atom. The predicted molar refractivity (Wildman–Crippen MR) is 76.9 cm³/mol. The number of aromatic amines is 1. The van der Waals surface area contributed by atoms with Crippen LogP contribution in [0.25, 0.3) is 0 Å². The summed E-state index contributed by atoms with van der Waals surface area (Å²) in [5.74, 6) is 0.529. The molecule has 0 atom stereocenters. The van der Waals surface area contributed by atoms with Crippen LogP contribution in [0.4, 0.5) is 0 Å². The molecule has 2 aromatic heterocycles. The van der Waals surface area contributed by atoms with Crippen molar-refractivity contribution in [2.75, 3.05) is 5.75 Å². The number of hydrazine groups is 1. The van der Waals surface area contributed by atoms with Crippen LogP contribution in [0.3, 0.4) is 0 Å². The van der Waals surface area contributed by atoms with Crippen molar-refractivity contribution in [2.24, 2.45) is 0 Å². The predicted octanol–water partition coefficient (Wildman–Crippen LogP) is 1.77. The van der Waals surface area contributed by atoms with Gasteiger partial charge >= 0.3 is 0 Å². The summed E-state index contributed by atoms with van der Waals surface area (Å²) >= 11 is 3.17. The van der Waals surface area contributed by atoms with E-state index in [-0.39, 0.29) is 11.8 Å². The van der Waals surface area contributed by atoms with Gasteiger partial charge in [0.2, 0.25) is 5.91 Å². The lowest BCUT2D eigenvalue weighted by Crippen LogP contribution is -2.42. The standard InChI is InChI=1S/C12H13N3O2S2/c16-11(8-18-7-9-3-2-6-19-9)14-15-12(17)10-4-1-5-13-10/h1-6,13H,7-8H2,(H,14,16)(H,15,17). The monoisotopic (exact) mass is 295 g/mol. The number of carbonyl (C=O) groups excluding carboxylic acids is 2. The van der Waals surface area contributed by atoms with Crippen molar-refractivity contribution >= 4 is 34.9 Å². The van der Waals surface area contributed by atoms with Gasteiger partial charge in [0.1, 0.15) is 5.69 Å². The molecular weight excluding hydrogens is 282 g/mol. The van der Waals surface area contributed by atoms with Crippen molar-refractivity contribution in [3.8, 4) is 0 Å². The molecule has 100 valence electrons. The van der Waals surface area contributed by atoms with E-state index in [9.17, 15) is 9.59 Å². The topological polar surface area (TPSA) is 74.0 Å². The Bertz CT molecular complexity index is 523. The lowest BCUT2D eigenvalue weighted by molar-refractivity contribution is -0.119. The minimum absolute atomic E-state index is 0.221. The molecule has 3 N–H and O–H groups in total. The lowest BCUT2D eigenvalue weighted by Gasteiger charge is -2.05. The smallest absolute Gasteiger partial charge is 0.286 e. The molecule has 2 rings (SSSR count). The Hall–Kier alpha value is -1.73. The number of carbonyl (C=O) groups is 2. The van der Waals surface area contributed by atoms with Gasteiger partial charge in [-0.15, -0.1) is 23.1 Å². The summed E-state index contributed by atoms with van der Waals surface area (Å²) < 4.78 is 0. The Labute approximate surface area is 118 Å². The second kappa shape index (κ2) is 7.01. The van der Waals surface area contributed by atoms with Crippen LogP contribution in [0, 0.1) is 0 Å². The molecule has 5 nitrogen and oxygen atoms in total. The number of thiophene rings is 1. The van der Waals surface area contributed by atoms with E-state index in [4.69, 9.17) is 0 Å². The van der Waals surface area contributed by atoms with Crippen LogP contribution >= 0.6 is 23.1 Å². The van der Waals surface area contributed by atoms with E-state index in [1.807, 2.05) is 17.5 Å². The largest absolute Gasteiger partial charge is 0.357 e. The molecule has 0 unspecified atom stereocenters. The van der Waals surface area contributed by atoms with Gasteiger partial charge in [-0.05, 0) is 23.6 Å². The minimum Gasteiger partial charge on any atom is -0.357 e. The summed E-state index contributed by atoms with van der Waals surface area (Å²) in [6.45, 7) is 0. The van der Waals surface area contributed by atoms with Crippen LogP contribution in [0.2, 0.25) is 0 Å². The van der Waals surface area contributed by atoms with E-state index in [2.05, 4.69) is 15.8 Å². The first-order chi connectivity index (χ1) is 9.25. The zero-order chi connectivity index (χ0) is 13.5. The van der Waals surface area contributed by atoms with Gasteiger partial charge in [-0.1, -0.05) is 6.07 Å². The van der Waals surface area contributed by atoms with Gasteiger partial charge in [-0.25, -0.2) is 0 Å². The summed E-state index contributed by atoms with van der Waals surface area (Å²) in [6.07, 6.45) is 1.65. The molecule has 0 aromatic carbocycles. The molecular formula is C12H13N3O2S2. The Morgan fingerprint density at radius 1 is 1.26 bits per heavy atom. The fourth-order valence-corrected chi connectivity index (χ4v) is 3.01. The van der Waals surface area contributed by atoms with Crippen molar-refractivity contribution < 1.29 is 9.59 Å². The maximum atomic E-state index is 11.5. The molecule has 0 bridgehead atoms. The Morgan fingerprint density at radius 2 is 2.16 bits per heavy atom. The molecule has 0 aliphatic carbocycles. The molecule has 2 amide bonds. The quantitative estimate of drug-likeness (QED) is 0.736. The molecule has 2 aromatic rings. The van der Waals surface area contributed by atoms with Crippen molar-refractivity contribution in [1.29, 1.82) is 0 Å².